The number of non-ortho nitro benzene ring substituents is 1. The molecule has 0 aliphatic heterocycles. The van der Waals surface area contributed by atoms with Crippen LogP contribution in [0, 0.1) is 10.1 Å². The molecule has 0 unspecified atom stereocenters. The van der Waals surface area contributed by atoms with Crippen LogP contribution in [-0.2, 0) is 0 Å². The molecule has 4 heteroatoms. The number of nitrogens with one attached hydrogen (secondary N) is 1. The van der Waals surface area contributed by atoms with Crippen molar-refractivity contribution in [2.45, 2.75) is 39.7 Å². The Morgan fingerprint density at radius 1 is 1.42 bits per heavy atom. The van der Waals surface area contributed by atoms with Crippen molar-refractivity contribution in [1.29, 1.82) is 0 Å². The molecule has 0 saturated carbocycles. The average molecular weight is 262 g/mol. The Morgan fingerprint density at radius 3 is 2.63 bits per heavy atom. The minimum absolute atomic E-state index is 0.0664. The fraction of sp³-hybridized carbons (Fsp3) is 0.467. The van der Waals surface area contributed by atoms with Crippen molar-refractivity contribution < 1.29 is 4.92 Å². The van der Waals surface area contributed by atoms with Gasteiger partial charge in [-0.3, -0.25) is 10.1 Å². The first kappa shape index (κ1) is 15.4. The van der Waals surface area contributed by atoms with Gasteiger partial charge in [-0.05, 0) is 32.8 Å². The molecule has 0 heterocycles. The van der Waals surface area contributed by atoms with Crippen LogP contribution < -0.4 is 5.32 Å². The Kier molecular flexibility index (Phi) is 5.24. The molecule has 1 aromatic rings. The van der Waals surface area contributed by atoms with Crippen molar-refractivity contribution in [2.24, 2.45) is 0 Å². The zero-order chi connectivity index (χ0) is 14.5. The zero-order valence-electron chi connectivity index (χ0n) is 12.1. The van der Waals surface area contributed by atoms with Gasteiger partial charge in [0.25, 0.3) is 5.69 Å². The van der Waals surface area contributed by atoms with Gasteiger partial charge >= 0.3 is 0 Å². The summed E-state index contributed by atoms with van der Waals surface area (Å²) < 4.78 is 0. The van der Waals surface area contributed by atoms with Crippen LogP contribution in [0.2, 0.25) is 0 Å². The van der Waals surface area contributed by atoms with Crippen molar-refractivity contribution >= 4 is 11.8 Å². The average Bonchev–Trinajstić information content (AvgIpc) is 2.33. The first-order valence-corrected chi connectivity index (χ1v) is 6.51. The van der Waals surface area contributed by atoms with Crippen molar-refractivity contribution in [3.8, 4) is 0 Å². The molecule has 0 radical (unpaired) electrons. The highest BCUT2D eigenvalue weighted by Crippen LogP contribution is 2.16. The smallest absolute Gasteiger partial charge is 0.270 e. The quantitative estimate of drug-likeness (QED) is 0.649. The van der Waals surface area contributed by atoms with Gasteiger partial charge in [0, 0.05) is 24.2 Å². The maximum absolute atomic E-state index is 10.7. The number of nitrogens with zero attached hydrogens (tertiary/aromatic N) is 1. The number of hydrogen-bond donors (Lipinski definition) is 1. The summed E-state index contributed by atoms with van der Waals surface area (Å²) in [6, 6.07) is 6.72. The molecular formula is C15H22N2O2. The van der Waals surface area contributed by atoms with E-state index in [1.807, 2.05) is 12.1 Å². The molecule has 0 saturated heterocycles. The predicted octanol–water partition coefficient (Wildman–Crippen LogP) is 3.78. The third-order valence-corrected chi connectivity index (χ3v) is 2.75. The molecule has 1 aromatic carbocycles. The second kappa shape index (κ2) is 6.48. The number of nitro benzene ring substituents is 1. The van der Waals surface area contributed by atoms with Crippen LogP contribution in [0.4, 0.5) is 5.69 Å². The van der Waals surface area contributed by atoms with E-state index in [1.165, 1.54) is 11.6 Å². The van der Waals surface area contributed by atoms with Crippen LogP contribution in [0.1, 0.15) is 39.7 Å². The van der Waals surface area contributed by atoms with Gasteiger partial charge in [-0.2, -0.15) is 0 Å². The van der Waals surface area contributed by atoms with E-state index in [4.69, 9.17) is 0 Å². The lowest BCUT2D eigenvalue weighted by Crippen LogP contribution is -2.36. The van der Waals surface area contributed by atoms with Gasteiger partial charge in [0.05, 0.1) is 4.92 Å². The van der Waals surface area contributed by atoms with Gasteiger partial charge in [-0.1, -0.05) is 30.7 Å². The second-order valence-electron chi connectivity index (χ2n) is 5.61. The summed E-state index contributed by atoms with van der Waals surface area (Å²) in [5.74, 6) is 0. The molecule has 0 aliphatic rings. The highest BCUT2D eigenvalue weighted by atomic mass is 16.6. The first-order chi connectivity index (χ1) is 8.81. The van der Waals surface area contributed by atoms with Gasteiger partial charge in [0.1, 0.15) is 0 Å². The van der Waals surface area contributed by atoms with E-state index in [9.17, 15) is 10.1 Å². The van der Waals surface area contributed by atoms with Gasteiger partial charge in [-0.15, -0.1) is 0 Å². The lowest BCUT2D eigenvalue weighted by Gasteiger charge is -2.21. The summed E-state index contributed by atoms with van der Waals surface area (Å²) in [7, 11) is 0. The van der Waals surface area contributed by atoms with E-state index in [2.05, 4.69) is 33.0 Å². The summed E-state index contributed by atoms with van der Waals surface area (Å²) in [6.07, 6.45) is 2.94. The monoisotopic (exact) mass is 262 g/mol. The minimum atomic E-state index is -0.365. The molecule has 1 N–H and O–H groups in total. The maximum atomic E-state index is 10.7. The van der Waals surface area contributed by atoms with Crippen molar-refractivity contribution in [1.82, 2.24) is 5.32 Å². The third kappa shape index (κ3) is 5.66. The Bertz CT molecular complexity index is 473. The van der Waals surface area contributed by atoms with Gasteiger partial charge in [0.2, 0.25) is 0 Å². The van der Waals surface area contributed by atoms with E-state index in [0.717, 1.165) is 18.5 Å². The van der Waals surface area contributed by atoms with E-state index < -0.39 is 0 Å². The van der Waals surface area contributed by atoms with Crippen LogP contribution >= 0.6 is 0 Å². The summed E-state index contributed by atoms with van der Waals surface area (Å²) in [5.41, 5.74) is 2.31. The highest BCUT2D eigenvalue weighted by Gasteiger charge is 2.09. The van der Waals surface area contributed by atoms with Crippen molar-refractivity contribution in [2.75, 3.05) is 6.54 Å². The third-order valence-electron chi connectivity index (χ3n) is 2.75. The molecule has 0 aromatic heterocycles. The molecule has 0 amide bonds. The molecule has 0 spiro atoms. The maximum Gasteiger partial charge on any atom is 0.270 e. The molecule has 104 valence electrons. The number of rotatable bonds is 5. The molecule has 0 atom stereocenters. The molecule has 19 heavy (non-hydrogen) atoms. The normalized spacial score (nSPS) is 12.5. The van der Waals surface area contributed by atoms with E-state index in [1.54, 1.807) is 12.1 Å². The SMILES string of the molecule is CCC(=Cc1cccc([N+](=O)[O-])c1)CNC(C)(C)C. The van der Waals surface area contributed by atoms with E-state index in [0.29, 0.717) is 0 Å². The molecule has 1 rings (SSSR count). The number of benzene rings is 1. The highest BCUT2D eigenvalue weighted by molar-refractivity contribution is 5.56. The van der Waals surface area contributed by atoms with E-state index >= 15 is 0 Å². The van der Waals surface area contributed by atoms with Gasteiger partial charge in [-0.25, -0.2) is 0 Å². The molecule has 0 fully saturated rings. The molecule has 4 nitrogen and oxygen atoms in total. The molecular weight excluding hydrogens is 240 g/mol. The van der Waals surface area contributed by atoms with Crippen LogP contribution in [0.15, 0.2) is 29.8 Å². The van der Waals surface area contributed by atoms with Crippen molar-refractivity contribution in [3.05, 3.63) is 45.5 Å². The Hall–Kier alpha value is -1.68. The number of hydrogen-bond acceptors (Lipinski definition) is 3. The lowest BCUT2D eigenvalue weighted by atomic mass is 10.1. The topological polar surface area (TPSA) is 55.2 Å². The van der Waals surface area contributed by atoms with Crippen molar-refractivity contribution in [3.63, 3.8) is 0 Å². The molecule has 0 aliphatic carbocycles. The van der Waals surface area contributed by atoms with Crippen LogP contribution in [0.25, 0.3) is 6.08 Å². The lowest BCUT2D eigenvalue weighted by molar-refractivity contribution is -0.384. The largest absolute Gasteiger partial charge is 0.308 e. The predicted molar refractivity (Wildman–Crippen MR) is 79.1 cm³/mol. The Balaban J connectivity index is 2.85. The summed E-state index contributed by atoms with van der Waals surface area (Å²) in [4.78, 5) is 10.4. The summed E-state index contributed by atoms with van der Waals surface area (Å²) >= 11 is 0. The standard InChI is InChI=1S/C15H22N2O2/c1-5-12(11-16-15(2,3)4)9-13-7-6-8-14(10-13)17(18)19/h6-10,16H,5,11H2,1-4H3. The second-order valence-corrected chi connectivity index (χ2v) is 5.61. The van der Waals surface area contributed by atoms with Gasteiger partial charge in [0.15, 0.2) is 0 Å². The first-order valence-electron chi connectivity index (χ1n) is 6.51. The van der Waals surface area contributed by atoms with Crippen LogP contribution in [0.5, 0.6) is 0 Å². The Labute approximate surface area is 114 Å². The van der Waals surface area contributed by atoms with E-state index in [-0.39, 0.29) is 16.1 Å². The van der Waals surface area contributed by atoms with Crippen LogP contribution in [0.3, 0.4) is 0 Å². The summed E-state index contributed by atoms with van der Waals surface area (Å²) in [5, 5.41) is 14.2. The zero-order valence-corrected chi connectivity index (χ0v) is 12.1. The molecule has 0 bridgehead atoms. The van der Waals surface area contributed by atoms with Gasteiger partial charge < -0.3 is 5.32 Å². The number of nitro groups is 1. The van der Waals surface area contributed by atoms with Crippen LogP contribution in [-0.4, -0.2) is 17.0 Å². The Morgan fingerprint density at radius 2 is 2.11 bits per heavy atom. The summed E-state index contributed by atoms with van der Waals surface area (Å²) in [6.45, 7) is 9.24. The fourth-order valence-electron chi connectivity index (χ4n) is 1.62. The fourth-order valence-corrected chi connectivity index (χ4v) is 1.62. The minimum Gasteiger partial charge on any atom is -0.308 e.